The zero-order chi connectivity index (χ0) is 22.1. The molecule has 4 aromatic rings. The van der Waals surface area contributed by atoms with Gasteiger partial charge in [-0.15, -0.1) is 13.2 Å². The summed E-state index contributed by atoms with van der Waals surface area (Å²) in [5.74, 6) is 0.400. The number of benzene rings is 1. The highest BCUT2D eigenvalue weighted by Crippen LogP contribution is 2.33. The number of aromatic nitrogens is 6. The van der Waals surface area contributed by atoms with Crippen LogP contribution in [0.15, 0.2) is 53.7 Å². The molecule has 0 bridgehead atoms. The third kappa shape index (κ3) is 4.30. The molecule has 0 amide bonds. The number of hydrogen-bond donors (Lipinski definition) is 1. The summed E-state index contributed by atoms with van der Waals surface area (Å²) >= 11 is 0. The molecule has 5 rings (SSSR count). The molecule has 1 atom stereocenters. The van der Waals surface area contributed by atoms with Gasteiger partial charge in [0.25, 0.3) is 0 Å². The molecule has 1 aromatic carbocycles. The maximum absolute atomic E-state index is 12.6. The van der Waals surface area contributed by atoms with E-state index in [-0.39, 0.29) is 11.8 Å². The Bertz CT molecular complexity index is 1210. The van der Waals surface area contributed by atoms with Crippen LogP contribution in [0.1, 0.15) is 28.9 Å². The van der Waals surface area contributed by atoms with Gasteiger partial charge in [0, 0.05) is 31.9 Å². The molecule has 0 fully saturated rings. The summed E-state index contributed by atoms with van der Waals surface area (Å²) in [6.07, 6.45) is 1.97. The van der Waals surface area contributed by atoms with Gasteiger partial charge in [-0.1, -0.05) is 17.3 Å². The molecule has 0 saturated heterocycles. The highest BCUT2D eigenvalue weighted by atomic mass is 19.4. The third-order valence-corrected chi connectivity index (χ3v) is 5.03. The molecule has 1 N–H and O–H groups in total. The van der Waals surface area contributed by atoms with Gasteiger partial charge in [0.15, 0.2) is 0 Å². The van der Waals surface area contributed by atoms with Crippen LogP contribution < -0.4 is 4.74 Å². The molecule has 0 saturated carbocycles. The Morgan fingerprint density at radius 1 is 1.22 bits per heavy atom. The number of halogens is 3. The first-order valence-electron chi connectivity index (χ1n) is 9.64. The zero-order valence-electron chi connectivity index (χ0n) is 16.5. The van der Waals surface area contributed by atoms with Crippen LogP contribution in [0.3, 0.4) is 0 Å². The van der Waals surface area contributed by atoms with E-state index in [4.69, 9.17) is 4.52 Å². The second kappa shape index (κ2) is 8.04. The average Bonchev–Trinajstić information content (AvgIpc) is 3.42. The van der Waals surface area contributed by atoms with Crippen LogP contribution >= 0.6 is 0 Å². The van der Waals surface area contributed by atoms with E-state index in [1.165, 1.54) is 30.6 Å². The van der Waals surface area contributed by atoms with Crippen molar-refractivity contribution in [1.82, 2.24) is 35.0 Å². The van der Waals surface area contributed by atoms with E-state index in [0.717, 1.165) is 11.4 Å². The summed E-state index contributed by atoms with van der Waals surface area (Å²) in [5, 5.41) is 4.01. The van der Waals surface area contributed by atoms with Crippen molar-refractivity contribution >= 4 is 0 Å². The number of fused-ring (bicyclic) bond motifs is 1. The Balaban J connectivity index is 1.43. The summed E-state index contributed by atoms with van der Waals surface area (Å²) in [7, 11) is 0. The molecule has 32 heavy (non-hydrogen) atoms. The maximum atomic E-state index is 12.6. The lowest BCUT2D eigenvalue weighted by Crippen LogP contribution is -2.34. The van der Waals surface area contributed by atoms with E-state index < -0.39 is 6.36 Å². The minimum absolute atomic E-state index is 0.270. The first kappa shape index (κ1) is 20.1. The molecule has 0 aliphatic carbocycles. The topological polar surface area (TPSA) is 106 Å². The van der Waals surface area contributed by atoms with E-state index in [1.54, 1.807) is 18.6 Å². The molecule has 0 radical (unpaired) electrons. The lowest BCUT2D eigenvalue weighted by Gasteiger charge is -2.32. The summed E-state index contributed by atoms with van der Waals surface area (Å²) in [4.78, 5) is 22.2. The van der Waals surface area contributed by atoms with Crippen LogP contribution in [-0.4, -0.2) is 41.3 Å². The second-order valence-electron chi connectivity index (χ2n) is 7.19. The lowest BCUT2D eigenvalue weighted by atomic mass is 10.0. The van der Waals surface area contributed by atoms with Crippen LogP contribution in [0.5, 0.6) is 5.75 Å². The fourth-order valence-electron chi connectivity index (χ4n) is 3.66. The van der Waals surface area contributed by atoms with Gasteiger partial charge in [-0.2, -0.15) is 4.98 Å². The number of nitrogens with zero attached hydrogens (tertiary/aromatic N) is 6. The van der Waals surface area contributed by atoms with E-state index in [2.05, 4.69) is 34.8 Å². The summed E-state index contributed by atoms with van der Waals surface area (Å²) in [5.41, 5.74) is 2.92. The number of aromatic amines is 1. The number of imidazole rings is 1. The molecule has 0 spiro atoms. The van der Waals surface area contributed by atoms with Crippen molar-refractivity contribution in [2.24, 2.45) is 0 Å². The standard InChI is InChI=1S/C20H16F3N7O2/c21-20(22,23)31-13-3-1-2-12(6-13)9-30-10-16-14(26-11-27-16)7-17(30)19-28-18(29-32-19)15-8-24-4-5-25-15/h1-6,8,11,17H,7,9-10H2,(H,26,27)/t17-/m0/s1. The SMILES string of the molecule is FC(F)(F)Oc1cccc(CN2Cc3[nH]cnc3C[C@H]2c2nc(-c3cnccn3)no2)c1. The summed E-state index contributed by atoms with van der Waals surface area (Å²) in [6, 6.07) is 5.57. The molecule has 4 heterocycles. The Hall–Kier alpha value is -3.80. The van der Waals surface area contributed by atoms with Gasteiger partial charge in [-0.3, -0.25) is 9.88 Å². The van der Waals surface area contributed by atoms with Crippen molar-refractivity contribution in [1.29, 1.82) is 0 Å². The van der Waals surface area contributed by atoms with Crippen molar-refractivity contribution in [3.63, 3.8) is 0 Å². The number of alkyl halides is 3. The van der Waals surface area contributed by atoms with Crippen LogP contribution in [0.25, 0.3) is 11.5 Å². The van der Waals surface area contributed by atoms with Crippen LogP contribution in [-0.2, 0) is 19.5 Å². The van der Waals surface area contributed by atoms with Gasteiger partial charge in [0.05, 0.1) is 30.0 Å². The Morgan fingerprint density at radius 3 is 2.94 bits per heavy atom. The number of H-pyrrole nitrogens is 1. The summed E-state index contributed by atoms with van der Waals surface area (Å²) in [6.45, 7) is 0.814. The molecule has 0 unspecified atom stereocenters. The normalized spacial score (nSPS) is 16.7. The van der Waals surface area contributed by atoms with Crippen LogP contribution in [0, 0.1) is 0 Å². The predicted molar refractivity (Wildman–Crippen MR) is 103 cm³/mol. The largest absolute Gasteiger partial charge is 0.573 e. The average molecular weight is 443 g/mol. The number of ether oxygens (including phenoxy) is 1. The van der Waals surface area contributed by atoms with Gasteiger partial charge >= 0.3 is 6.36 Å². The number of hydrogen-bond acceptors (Lipinski definition) is 8. The fraction of sp³-hybridized carbons (Fsp3) is 0.250. The minimum Gasteiger partial charge on any atom is -0.406 e. The van der Waals surface area contributed by atoms with Crippen molar-refractivity contribution in [3.05, 3.63) is 72.0 Å². The van der Waals surface area contributed by atoms with Crippen molar-refractivity contribution in [2.45, 2.75) is 31.9 Å². The van der Waals surface area contributed by atoms with E-state index in [1.807, 2.05) is 4.90 Å². The monoisotopic (exact) mass is 443 g/mol. The van der Waals surface area contributed by atoms with Crippen molar-refractivity contribution in [3.8, 4) is 17.3 Å². The number of rotatable bonds is 5. The maximum Gasteiger partial charge on any atom is 0.573 e. The molecular weight excluding hydrogens is 427 g/mol. The molecule has 12 heteroatoms. The lowest BCUT2D eigenvalue weighted by molar-refractivity contribution is -0.274. The van der Waals surface area contributed by atoms with E-state index >= 15 is 0 Å². The predicted octanol–water partition coefficient (Wildman–Crippen LogP) is 3.45. The van der Waals surface area contributed by atoms with Gasteiger partial charge < -0.3 is 14.2 Å². The van der Waals surface area contributed by atoms with Gasteiger partial charge in [0.2, 0.25) is 11.7 Å². The van der Waals surface area contributed by atoms with Crippen molar-refractivity contribution < 1.29 is 22.4 Å². The van der Waals surface area contributed by atoms with E-state index in [0.29, 0.717) is 42.5 Å². The van der Waals surface area contributed by atoms with Crippen LogP contribution in [0.4, 0.5) is 13.2 Å². The zero-order valence-corrected chi connectivity index (χ0v) is 16.5. The van der Waals surface area contributed by atoms with Crippen LogP contribution in [0.2, 0.25) is 0 Å². The summed E-state index contributed by atoms with van der Waals surface area (Å²) < 4.78 is 47.4. The highest BCUT2D eigenvalue weighted by molar-refractivity contribution is 5.45. The van der Waals surface area contributed by atoms with Gasteiger partial charge in [0.1, 0.15) is 11.4 Å². The second-order valence-corrected chi connectivity index (χ2v) is 7.19. The smallest absolute Gasteiger partial charge is 0.406 e. The Morgan fingerprint density at radius 2 is 2.12 bits per heavy atom. The third-order valence-electron chi connectivity index (χ3n) is 5.03. The Kier molecular flexibility index (Phi) is 5.05. The Labute approximate surface area is 179 Å². The van der Waals surface area contributed by atoms with E-state index in [9.17, 15) is 13.2 Å². The number of nitrogens with one attached hydrogen (secondary N) is 1. The molecular formula is C20H16F3N7O2. The molecule has 1 aliphatic rings. The molecule has 9 nitrogen and oxygen atoms in total. The minimum atomic E-state index is -4.75. The molecule has 164 valence electrons. The van der Waals surface area contributed by atoms with Gasteiger partial charge in [-0.25, -0.2) is 9.97 Å². The first-order chi connectivity index (χ1) is 15.4. The highest BCUT2D eigenvalue weighted by Gasteiger charge is 2.34. The quantitative estimate of drug-likeness (QED) is 0.500. The molecule has 3 aromatic heterocycles. The first-order valence-corrected chi connectivity index (χ1v) is 9.64. The van der Waals surface area contributed by atoms with Crippen molar-refractivity contribution in [2.75, 3.05) is 0 Å². The molecule has 1 aliphatic heterocycles. The van der Waals surface area contributed by atoms with Gasteiger partial charge in [-0.05, 0) is 17.7 Å². The fourth-order valence-corrected chi connectivity index (χ4v) is 3.66.